The summed E-state index contributed by atoms with van der Waals surface area (Å²) >= 11 is 0. The number of H-pyrrole nitrogens is 1. The fraction of sp³-hybridized carbons (Fsp3) is 0.182. The number of nitrogens with one attached hydrogen (secondary N) is 1. The predicted molar refractivity (Wildman–Crippen MR) is 55.7 cm³/mol. The van der Waals surface area contributed by atoms with Gasteiger partial charge in [0.1, 0.15) is 6.33 Å². The monoisotopic (exact) mass is 201 g/mol. The number of benzene rings is 1. The maximum atomic E-state index is 11.9. The molecule has 0 aliphatic heterocycles. The fourth-order valence-electron chi connectivity index (χ4n) is 1.51. The minimum Gasteiger partial charge on any atom is -0.285 e. The second-order valence-corrected chi connectivity index (χ2v) is 3.48. The van der Waals surface area contributed by atoms with E-state index < -0.39 is 0 Å². The Balaban J connectivity index is 2.42. The number of aryl methyl sites for hydroxylation is 2. The Morgan fingerprint density at radius 2 is 2.13 bits per heavy atom. The molecular weight excluding hydrogens is 190 g/mol. The molecule has 76 valence electrons. The topological polar surface area (TPSA) is 58.6 Å². The molecule has 0 radical (unpaired) electrons. The van der Waals surface area contributed by atoms with Gasteiger partial charge >= 0.3 is 0 Å². The predicted octanol–water partition coefficient (Wildman–Crippen LogP) is 1.65. The van der Waals surface area contributed by atoms with E-state index in [1.807, 2.05) is 32.0 Å². The molecule has 2 rings (SSSR count). The van der Waals surface area contributed by atoms with Crippen LogP contribution in [0.2, 0.25) is 0 Å². The van der Waals surface area contributed by atoms with Crippen LogP contribution < -0.4 is 0 Å². The van der Waals surface area contributed by atoms with Gasteiger partial charge < -0.3 is 0 Å². The van der Waals surface area contributed by atoms with Crippen molar-refractivity contribution in [2.45, 2.75) is 13.8 Å². The maximum absolute atomic E-state index is 11.9. The van der Waals surface area contributed by atoms with Crippen molar-refractivity contribution in [2.24, 2.45) is 0 Å². The summed E-state index contributed by atoms with van der Waals surface area (Å²) in [7, 11) is 0. The molecule has 0 spiro atoms. The van der Waals surface area contributed by atoms with Gasteiger partial charge in [-0.25, -0.2) is 4.98 Å². The molecule has 0 saturated carbocycles. The highest BCUT2D eigenvalue weighted by Gasteiger charge is 2.13. The highest BCUT2D eigenvalue weighted by molar-refractivity contribution is 6.07. The third kappa shape index (κ3) is 1.79. The Hall–Kier alpha value is -1.97. The maximum Gasteiger partial charge on any atom is 0.230 e. The zero-order chi connectivity index (χ0) is 10.8. The number of carbonyl (C=O) groups is 1. The van der Waals surface area contributed by atoms with Gasteiger partial charge in [0.2, 0.25) is 5.78 Å². The molecule has 0 unspecified atom stereocenters. The van der Waals surface area contributed by atoms with Gasteiger partial charge in [-0.1, -0.05) is 23.8 Å². The van der Waals surface area contributed by atoms with Crippen LogP contribution in [0, 0.1) is 13.8 Å². The van der Waals surface area contributed by atoms with Gasteiger partial charge in [0.25, 0.3) is 0 Å². The SMILES string of the molecule is Cc1ccc(C(=O)c2ncn[nH]2)c(C)c1. The Labute approximate surface area is 87.4 Å². The van der Waals surface area contributed by atoms with Gasteiger partial charge in [-0.3, -0.25) is 9.89 Å². The largest absolute Gasteiger partial charge is 0.285 e. The minimum absolute atomic E-state index is 0.120. The van der Waals surface area contributed by atoms with Crippen LogP contribution >= 0.6 is 0 Å². The van der Waals surface area contributed by atoms with Crippen molar-refractivity contribution in [3.05, 3.63) is 47.0 Å². The molecule has 1 aromatic carbocycles. The summed E-state index contributed by atoms with van der Waals surface area (Å²) in [5.74, 6) is 0.159. The van der Waals surface area contributed by atoms with Crippen LogP contribution in [0.15, 0.2) is 24.5 Å². The standard InChI is InChI=1S/C11H11N3O/c1-7-3-4-9(8(2)5-7)10(15)11-12-6-13-14-11/h3-6H,1-2H3,(H,12,13,14). The van der Waals surface area contributed by atoms with Gasteiger partial charge in [-0.05, 0) is 19.4 Å². The number of rotatable bonds is 2. The second-order valence-electron chi connectivity index (χ2n) is 3.48. The van der Waals surface area contributed by atoms with E-state index in [4.69, 9.17) is 0 Å². The lowest BCUT2D eigenvalue weighted by atomic mass is 10.0. The van der Waals surface area contributed by atoms with E-state index in [0.29, 0.717) is 5.56 Å². The van der Waals surface area contributed by atoms with Gasteiger partial charge in [-0.15, -0.1) is 0 Å². The van der Waals surface area contributed by atoms with Crippen molar-refractivity contribution in [1.29, 1.82) is 0 Å². The van der Waals surface area contributed by atoms with Gasteiger partial charge in [0, 0.05) is 5.56 Å². The van der Waals surface area contributed by atoms with E-state index in [9.17, 15) is 4.79 Å². The molecule has 4 heteroatoms. The summed E-state index contributed by atoms with van der Waals surface area (Å²) in [4.78, 5) is 15.7. The van der Waals surface area contributed by atoms with Crippen molar-refractivity contribution < 1.29 is 4.79 Å². The van der Waals surface area contributed by atoms with Crippen molar-refractivity contribution in [2.75, 3.05) is 0 Å². The van der Waals surface area contributed by atoms with Crippen molar-refractivity contribution >= 4 is 5.78 Å². The van der Waals surface area contributed by atoms with Crippen LogP contribution in [-0.2, 0) is 0 Å². The van der Waals surface area contributed by atoms with Crippen LogP contribution in [0.5, 0.6) is 0 Å². The molecule has 1 aromatic heterocycles. The number of aromatic nitrogens is 3. The summed E-state index contributed by atoms with van der Waals surface area (Å²) in [5.41, 5.74) is 2.76. The molecule has 0 amide bonds. The van der Waals surface area contributed by atoms with Crippen LogP contribution in [0.3, 0.4) is 0 Å². The first-order valence-electron chi connectivity index (χ1n) is 4.66. The van der Waals surface area contributed by atoms with E-state index in [2.05, 4.69) is 15.2 Å². The van der Waals surface area contributed by atoms with Crippen molar-refractivity contribution in [1.82, 2.24) is 15.2 Å². The van der Waals surface area contributed by atoms with E-state index in [1.165, 1.54) is 6.33 Å². The molecule has 0 aliphatic rings. The Morgan fingerprint density at radius 1 is 1.33 bits per heavy atom. The average Bonchev–Trinajstić information content (AvgIpc) is 2.69. The zero-order valence-electron chi connectivity index (χ0n) is 8.61. The number of nitrogens with zero attached hydrogens (tertiary/aromatic N) is 2. The number of carbonyl (C=O) groups excluding carboxylic acids is 1. The Kier molecular flexibility index (Phi) is 2.33. The van der Waals surface area contributed by atoms with Crippen LogP contribution in [-0.4, -0.2) is 21.0 Å². The van der Waals surface area contributed by atoms with Crippen molar-refractivity contribution in [3.8, 4) is 0 Å². The van der Waals surface area contributed by atoms with Gasteiger partial charge in [0.05, 0.1) is 0 Å². The smallest absolute Gasteiger partial charge is 0.230 e. The number of ketones is 1. The summed E-state index contributed by atoms with van der Waals surface area (Å²) in [6.45, 7) is 3.91. The molecular formula is C11H11N3O. The summed E-state index contributed by atoms with van der Waals surface area (Å²) < 4.78 is 0. The summed E-state index contributed by atoms with van der Waals surface area (Å²) in [6.07, 6.45) is 1.33. The van der Waals surface area contributed by atoms with E-state index in [0.717, 1.165) is 11.1 Å². The minimum atomic E-state index is -0.120. The molecule has 1 heterocycles. The Bertz CT molecular complexity index is 489. The normalized spacial score (nSPS) is 10.3. The van der Waals surface area contributed by atoms with E-state index >= 15 is 0 Å². The third-order valence-corrected chi connectivity index (χ3v) is 2.26. The molecule has 15 heavy (non-hydrogen) atoms. The van der Waals surface area contributed by atoms with Crippen LogP contribution in [0.25, 0.3) is 0 Å². The summed E-state index contributed by atoms with van der Waals surface area (Å²) in [6, 6.07) is 5.70. The molecule has 0 atom stereocenters. The first-order valence-corrected chi connectivity index (χ1v) is 4.66. The quantitative estimate of drug-likeness (QED) is 0.751. The Morgan fingerprint density at radius 3 is 2.73 bits per heavy atom. The number of hydrogen-bond acceptors (Lipinski definition) is 3. The number of aromatic amines is 1. The lowest BCUT2D eigenvalue weighted by Gasteiger charge is -2.03. The lowest BCUT2D eigenvalue weighted by Crippen LogP contribution is -2.06. The second kappa shape index (κ2) is 3.65. The van der Waals surface area contributed by atoms with Gasteiger partial charge in [-0.2, -0.15) is 5.10 Å². The molecule has 4 nitrogen and oxygen atoms in total. The third-order valence-electron chi connectivity index (χ3n) is 2.26. The molecule has 1 N–H and O–H groups in total. The first-order chi connectivity index (χ1) is 7.18. The van der Waals surface area contributed by atoms with Gasteiger partial charge in [0.15, 0.2) is 5.82 Å². The number of hydrogen-bond donors (Lipinski definition) is 1. The van der Waals surface area contributed by atoms with Crippen LogP contribution in [0.4, 0.5) is 0 Å². The molecule has 2 aromatic rings. The highest BCUT2D eigenvalue weighted by atomic mass is 16.1. The fourth-order valence-corrected chi connectivity index (χ4v) is 1.51. The molecule has 0 bridgehead atoms. The highest BCUT2D eigenvalue weighted by Crippen LogP contribution is 2.13. The average molecular weight is 201 g/mol. The first kappa shape index (κ1) is 9.58. The van der Waals surface area contributed by atoms with Crippen LogP contribution in [0.1, 0.15) is 27.3 Å². The van der Waals surface area contributed by atoms with E-state index in [1.54, 1.807) is 0 Å². The van der Waals surface area contributed by atoms with E-state index in [-0.39, 0.29) is 11.6 Å². The molecule has 0 saturated heterocycles. The molecule has 0 fully saturated rings. The lowest BCUT2D eigenvalue weighted by molar-refractivity contribution is 0.102. The summed E-state index contributed by atoms with van der Waals surface area (Å²) in [5, 5.41) is 6.23. The van der Waals surface area contributed by atoms with Crippen molar-refractivity contribution in [3.63, 3.8) is 0 Å². The zero-order valence-corrected chi connectivity index (χ0v) is 8.61. The molecule has 0 aliphatic carbocycles.